The molecule has 1 fully saturated rings. The van der Waals surface area contributed by atoms with Gasteiger partial charge >= 0.3 is 5.97 Å². The fraction of sp³-hybridized carbons (Fsp3) is 0.500. The third-order valence-electron chi connectivity index (χ3n) is 4.38. The van der Waals surface area contributed by atoms with Gasteiger partial charge < -0.3 is 9.75 Å². The highest BCUT2D eigenvalue weighted by Crippen LogP contribution is 2.24. The molecular weight excluding hydrogens is 276 g/mol. The molecule has 1 aliphatic carbocycles. The molecule has 3 rings (SSSR count). The first-order valence-corrected chi connectivity index (χ1v) is 8.19. The maximum atomic E-state index is 12.2. The number of nitrogens with zero attached hydrogens (tertiary/aromatic N) is 1. The van der Waals surface area contributed by atoms with Crippen molar-refractivity contribution in [1.29, 1.82) is 0 Å². The van der Waals surface area contributed by atoms with Gasteiger partial charge in [0.05, 0.1) is 0 Å². The van der Waals surface area contributed by atoms with Crippen molar-refractivity contribution < 1.29 is 9.53 Å². The molecule has 1 aliphatic heterocycles. The van der Waals surface area contributed by atoms with Crippen molar-refractivity contribution in [3.05, 3.63) is 48.2 Å². The van der Waals surface area contributed by atoms with E-state index in [1.165, 1.54) is 31.2 Å². The zero-order chi connectivity index (χ0) is 15.4. The van der Waals surface area contributed by atoms with Crippen LogP contribution in [0.1, 0.15) is 38.2 Å². The summed E-state index contributed by atoms with van der Waals surface area (Å²) in [6.45, 7) is 1.94. The molecule has 4 nitrogen and oxygen atoms in total. The maximum Gasteiger partial charge on any atom is 0.329 e. The van der Waals surface area contributed by atoms with E-state index in [1.807, 2.05) is 37.4 Å². The second kappa shape index (κ2) is 6.97. The van der Waals surface area contributed by atoms with Gasteiger partial charge in [0, 0.05) is 18.7 Å². The zero-order valence-electron chi connectivity index (χ0n) is 13.1. The van der Waals surface area contributed by atoms with Crippen molar-refractivity contribution in [2.45, 2.75) is 57.2 Å². The Bertz CT molecular complexity index is 523. The Balaban J connectivity index is 1.47. The smallest absolute Gasteiger partial charge is 0.329 e. The molecule has 0 saturated heterocycles. The second-order valence-corrected chi connectivity index (χ2v) is 6.23. The molecule has 22 heavy (non-hydrogen) atoms. The molecule has 1 N–H and O–H groups in total. The first kappa shape index (κ1) is 15.1. The van der Waals surface area contributed by atoms with Crippen molar-refractivity contribution in [2.75, 3.05) is 0 Å². The molecule has 0 spiro atoms. The summed E-state index contributed by atoms with van der Waals surface area (Å²) in [7, 11) is 0. The highest BCUT2D eigenvalue weighted by molar-refractivity contribution is 5.78. The monoisotopic (exact) mass is 300 g/mol. The van der Waals surface area contributed by atoms with E-state index in [0.29, 0.717) is 6.04 Å². The summed E-state index contributed by atoms with van der Waals surface area (Å²) in [6, 6.07) is 10.3. The molecule has 1 aromatic rings. The van der Waals surface area contributed by atoms with Crippen LogP contribution in [0.2, 0.25) is 0 Å². The molecule has 0 bridgehead atoms. The van der Waals surface area contributed by atoms with Crippen LogP contribution >= 0.6 is 0 Å². The number of rotatable bonds is 5. The highest BCUT2D eigenvalue weighted by atomic mass is 16.5. The van der Waals surface area contributed by atoms with E-state index in [1.54, 1.807) is 0 Å². The van der Waals surface area contributed by atoms with Crippen LogP contribution in [0.3, 0.4) is 0 Å². The lowest BCUT2D eigenvalue weighted by Gasteiger charge is -2.25. The van der Waals surface area contributed by atoms with Gasteiger partial charge in [0.1, 0.15) is 12.1 Å². The first-order valence-electron chi connectivity index (χ1n) is 8.19. The van der Waals surface area contributed by atoms with Crippen LogP contribution in [0.5, 0.6) is 0 Å². The second-order valence-electron chi connectivity index (χ2n) is 6.23. The number of benzene rings is 1. The van der Waals surface area contributed by atoms with Gasteiger partial charge in [-0.3, -0.25) is 0 Å². The van der Waals surface area contributed by atoms with Gasteiger partial charge in [-0.15, -0.1) is 0 Å². The van der Waals surface area contributed by atoms with E-state index in [0.717, 1.165) is 6.42 Å². The van der Waals surface area contributed by atoms with Crippen LogP contribution < -0.4 is 5.43 Å². The molecule has 2 aliphatic rings. The van der Waals surface area contributed by atoms with Crippen LogP contribution in [-0.2, 0) is 16.0 Å². The van der Waals surface area contributed by atoms with Gasteiger partial charge in [0.25, 0.3) is 0 Å². The molecule has 0 amide bonds. The summed E-state index contributed by atoms with van der Waals surface area (Å²) in [5.41, 5.74) is 4.44. The largest absolute Gasteiger partial charge is 0.461 e. The quantitative estimate of drug-likeness (QED) is 0.849. The Morgan fingerprint density at radius 2 is 2.05 bits per heavy atom. The Kier molecular flexibility index (Phi) is 4.78. The molecule has 1 aromatic carbocycles. The molecular formula is C18H24N2O2. The minimum absolute atomic E-state index is 0.120. The van der Waals surface area contributed by atoms with Crippen LogP contribution in [0.25, 0.3) is 0 Å². The van der Waals surface area contributed by atoms with Crippen LogP contribution in [0.15, 0.2) is 42.6 Å². The van der Waals surface area contributed by atoms with E-state index in [9.17, 15) is 4.79 Å². The SMILES string of the molecule is CC(Cc1ccccc1)OC(=O)C1C=CN(C2CCCC2)N1. The number of hydrogen-bond acceptors (Lipinski definition) is 4. The van der Waals surface area contributed by atoms with Gasteiger partial charge in [-0.05, 0) is 31.4 Å². The summed E-state index contributed by atoms with van der Waals surface area (Å²) in [5.74, 6) is -0.194. The van der Waals surface area contributed by atoms with Gasteiger partial charge in [0.2, 0.25) is 0 Å². The topological polar surface area (TPSA) is 41.6 Å². The van der Waals surface area contributed by atoms with E-state index in [4.69, 9.17) is 4.74 Å². The van der Waals surface area contributed by atoms with Crippen molar-refractivity contribution in [1.82, 2.24) is 10.4 Å². The fourth-order valence-electron chi connectivity index (χ4n) is 3.23. The number of carbonyl (C=O) groups is 1. The lowest BCUT2D eigenvalue weighted by atomic mass is 10.1. The van der Waals surface area contributed by atoms with Gasteiger partial charge in [-0.1, -0.05) is 43.2 Å². The lowest BCUT2D eigenvalue weighted by molar-refractivity contribution is -0.150. The number of nitrogens with one attached hydrogen (secondary N) is 1. The standard InChI is InChI=1S/C18H24N2O2/c1-14(13-15-7-3-2-4-8-15)22-18(21)17-11-12-20(19-17)16-9-5-6-10-16/h2-4,7-8,11-12,14,16-17,19H,5-6,9-10,13H2,1H3. The van der Waals surface area contributed by atoms with Crippen LogP contribution in [-0.4, -0.2) is 29.2 Å². The van der Waals surface area contributed by atoms with Crippen molar-refractivity contribution in [3.63, 3.8) is 0 Å². The molecule has 0 radical (unpaired) electrons. The van der Waals surface area contributed by atoms with Crippen molar-refractivity contribution in [2.24, 2.45) is 0 Å². The van der Waals surface area contributed by atoms with Gasteiger partial charge in [-0.25, -0.2) is 10.2 Å². The van der Waals surface area contributed by atoms with Crippen molar-refractivity contribution >= 4 is 5.97 Å². The molecule has 0 aromatic heterocycles. The third kappa shape index (κ3) is 3.69. The average Bonchev–Trinajstić information content (AvgIpc) is 3.19. The van der Waals surface area contributed by atoms with Gasteiger partial charge in [-0.2, -0.15) is 0 Å². The normalized spacial score (nSPS) is 23.0. The Morgan fingerprint density at radius 3 is 2.77 bits per heavy atom. The molecule has 2 unspecified atom stereocenters. The predicted octanol–water partition coefficient (Wildman–Crippen LogP) is 2.81. The number of hydrogen-bond donors (Lipinski definition) is 1. The minimum atomic E-state index is -0.348. The maximum absolute atomic E-state index is 12.2. The highest BCUT2D eigenvalue weighted by Gasteiger charge is 2.30. The average molecular weight is 300 g/mol. The predicted molar refractivity (Wildman–Crippen MR) is 85.9 cm³/mol. The Hall–Kier alpha value is -1.81. The van der Waals surface area contributed by atoms with E-state index >= 15 is 0 Å². The van der Waals surface area contributed by atoms with Crippen LogP contribution in [0, 0.1) is 0 Å². The fourth-order valence-corrected chi connectivity index (χ4v) is 3.23. The molecule has 2 atom stereocenters. The van der Waals surface area contributed by atoms with Gasteiger partial charge in [0.15, 0.2) is 0 Å². The summed E-state index contributed by atoms with van der Waals surface area (Å²) < 4.78 is 5.57. The summed E-state index contributed by atoms with van der Waals surface area (Å²) in [5, 5.41) is 2.08. The molecule has 1 saturated carbocycles. The van der Waals surface area contributed by atoms with E-state index < -0.39 is 0 Å². The third-order valence-corrected chi connectivity index (χ3v) is 4.38. The molecule has 1 heterocycles. The van der Waals surface area contributed by atoms with E-state index in [-0.39, 0.29) is 18.1 Å². The summed E-state index contributed by atoms with van der Waals surface area (Å²) in [6.07, 6.45) is 9.47. The number of ether oxygens (including phenoxy) is 1. The molecule has 118 valence electrons. The number of carbonyl (C=O) groups excluding carboxylic acids is 1. The Morgan fingerprint density at radius 1 is 1.32 bits per heavy atom. The zero-order valence-corrected chi connectivity index (χ0v) is 13.1. The summed E-state index contributed by atoms with van der Waals surface area (Å²) in [4.78, 5) is 12.2. The molecule has 4 heteroatoms. The Labute approximate surface area is 132 Å². The number of hydrazine groups is 1. The summed E-state index contributed by atoms with van der Waals surface area (Å²) >= 11 is 0. The number of esters is 1. The lowest BCUT2D eigenvalue weighted by Crippen LogP contribution is -2.45. The first-order chi connectivity index (χ1) is 10.7. The van der Waals surface area contributed by atoms with E-state index in [2.05, 4.69) is 22.6 Å². The van der Waals surface area contributed by atoms with Crippen LogP contribution in [0.4, 0.5) is 0 Å². The minimum Gasteiger partial charge on any atom is -0.461 e. The van der Waals surface area contributed by atoms with Crippen molar-refractivity contribution in [3.8, 4) is 0 Å².